The molecule has 2 heterocycles. The molecule has 0 spiro atoms. The fourth-order valence-corrected chi connectivity index (χ4v) is 3.17. The Bertz CT molecular complexity index is 846. The van der Waals surface area contributed by atoms with Gasteiger partial charge in [-0.3, -0.25) is 14.9 Å². The second-order valence-electron chi connectivity index (χ2n) is 5.97. The largest absolute Gasteiger partial charge is 0.480 e. The number of hydrogen-bond donors (Lipinski definition) is 2. The molecule has 1 aromatic heterocycles. The van der Waals surface area contributed by atoms with Gasteiger partial charge in [0.25, 0.3) is 5.69 Å². The van der Waals surface area contributed by atoms with Crippen LogP contribution in [0.25, 0.3) is 10.9 Å². The van der Waals surface area contributed by atoms with Crippen LogP contribution in [0.5, 0.6) is 0 Å². The smallest absolute Gasteiger partial charge is 0.326 e. The molecule has 2 aromatic rings. The number of aromatic nitrogens is 1. The van der Waals surface area contributed by atoms with Crippen LogP contribution in [0.1, 0.15) is 12.0 Å². The first-order chi connectivity index (χ1) is 11.9. The molecule has 132 valence electrons. The SMILES string of the molecule is COC1CC(C(=O)O)N(C(=O)Cc2c[nH]c3ccc([N+](=O)[O-])cc23)C1. The molecule has 1 aliphatic heterocycles. The van der Waals surface area contributed by atoms with Crippen LogP contribution in [-0.2, 0) is 20.7 Å². The number of ether oxygens (including phenoxy) is 1. The highest BCUT2D eigenvalue weighted by molar-refractivity contribution is 5.91. The van der Waals surface area contributed by atoms with Gasteiger partial charge in [-0.25, -0.2) is 4.79 Å². The Hall–Kier alpha value is -2.94. The molecule has 0 aliphatic carbocycles. The minimum absolute atomic E-state index is 0.0403. The van der Waals surface area contributed by atoms with Crippen molar-refractivity contribution in [3.63, 3.8) is 0 Å². The van der Waals surface area contributed by atoms with Crippen LogP contribution in [0, 0.1) is 10.1 Å². The summed E-state index contributed by atoms with van der Waals surface area (Å²) in [6, 6.07) is 3.45. The van der Waals surface area contributed by atoms with Crippen molar-refractivity contribution in [3.8, 4) is 0 Å². The van der Waals surface area contributed by atoms with Gasteiger partial charge in [0.05, 0.1) is 17.4 Å². The lowest BCUT2D eigenvalue weighted by Crippen LogP contribution is -2.41. The van der Waals surface area contributed by atoms with E-state index < -0.39 is 16.9 Å². The number of nitrogens with zero attached hydrogens (tertiary/aromatic N) is 2. The van der Waals surface area contributed by atoms with E-state index in [-0.39, 0.29) is 37.1 Å². The molecule has 9 nitrogen and oxygen atoms in total. The zero-order valence-electron chi connectivity index (χ0n) is 13.5. The summed E-state index contributed by atoms with van der Waals surface area (Å²) in [6.07, 6.45) is 1.51. The lowest BCUT2D eigenvalue weighted by atomic mass is 10.1. The molecule has 0 radical (unpaired) electrons. The topological polar surface area (TPSA) is 126 Å². The zero-order valence-corrected chi connectivity index (χ0v) is 13.5. The van der Waals surface area contributed by atoms with Gasteiger partial charge in [0.2, 0.25) is 5.91 Å². The van der Waals surface area contributed by atoms with Crippen molar-refractivity contribution in [3.05, 3.63) is 40.1 Å². The number of carbonyl (C=O) groups excluding carboxylic acids is 1. The van der Waals surface area contributed by atoms with E-state index >= 15 is 0 Å². The number of H-pyrrole nitrogens is 1. The quantitative estimate of drug-likeness (QED) is 0.620. The molecule has 9 heteroatoms. The van der Waals surface area contributed by atoms with E-state index in [9.17, 15) is 24.8 Å². The third-order valence-corrected chi connectivity index (χ3v) is 4.50. The first-order valence-electron chi connectivity index (χ1n) is 7.70. The Morgan fingerprint density at radius 1 is 1.48 bits per heavy atom. The summed E-state index contributed by atoms with van der Waals surface area (Å²) in [5.41, 5.74) is 1.21. The van der Waals surface area contributed by atoms with Gasteiger partial charge in [-0.05, 0) is 11.6 Å². The molecule has 0 saturated carbocycles. The van der Waals surface area contributed by atoms with Crippen LogP contribution in [0.2, 0.25) is 0 Å². The maximum absolute atomic E-state index is 12.6. The van der Waals surface area contributed by atoms with Crippen molar-refractivity contribution in [1.82, 2.24) is 9.88 Å². The van der Waals surface area contributed by atoms with Crippen LogP contribution in [0.3, 0.4) is 0 Å². The highest BCUT2D eigenvalue weighted by Crippen LogP contribution is 2.26. The number of likely N-dealkylation sites (tertiary alicyclic amines) is 1. The molecular formula is C16H17N3O6. The Labute approximate surface area is 142 Å². The van der Waals surface area contributed by atoms with Gasteiger partial charge in [0, 0.05) is 49.3 Å². The van der Waals surface area contributed by atoms with Crippen LogP contribution in [0.4, 0.5) is 5.69 Å². The summed E-state index contributed by atoms with van der Waals surface area (Å²) in [6.45, 7) is 0.217. The highest BCUT2D eigenvalue weighted by atomic mass is 16.6. The maximum atomic E-state index is 12.6. The minimum Gasteiger partial charge on any atom is -0.480 e. The fourth-order valence-electron chi connectivity index (χ4n) is 3.17. The molecule has 0 bridgehead atoms. The normalized spacial score (nSPS) is 20.1. The number of nitro groups is 1. The van der Waals surface area contributed by atoms with E-state index in [0.29, 0.717) is 16.5 Å². The van der Waals surface area contributed by atoms with E-state index in [2.05, 4.69) is 4.98 Å². The number of nitrogens with one attached hydrogen (secondary N) is 1. The second kappa shape index (κ2) is 6.52. The number of carboxylic acids is 1. The predicted molar refractivity (Wildman–Crippen MR) is 87.2 cm³/mol. The van der Waals surface area contributed by atoms with Gasteiger partial charge in [-0.15, -0.1) is 0 Å². The summed E-state index contributed by atoms with van der Waals surface area (Å²) < 4.78 is 5.18. The number of aromatic amines is 1. The second-order valence-corrected chi connectivity index (χ2v) is 5.97. The van der Waals surface area contributed by atoms with E-state index in [1.807, 2.05) is 0 Å². The van der Waals surface area contributed by atoms with Crippen LogP contribution in [-0.4, -0.2) is 57.6 Å². The third-order valence-electron chi connectivity index (χ3n) is 4.50. The van der Waals surface area contributed by atoms with Crippen LogP contribution in [0.15, 0.2) is 24.4 Å². The highest BCUT2D eigenvalue weighted by Gasteiger charge is 2.39. The standard InChI is InChI=1S/C16H17N3O6/c1-25-11-6-14(16(21)22)18(8-11)15(20)4-9-7-17-13-3-2-10(19(23)24)5-12(9)13/h2-3,5,7,11,14,17H,4,6,8H2,1H3,(H,21,22). The van der Waals surface area contributed by atoms with E-state index in [1.165, 1.54) is 24.1 Å². The van der Waals surface area contributed by atoms with Crippen molar-refractivity contribution >= 4 is 28.5 Å². The summed E-state index contributed by atoms with van der Waals surface area (Å²) in [5.74, 6) is -1.41. The fraction of sp³-hybridized carbons (Fsp3) is 0.375. The van der Waals surface area contributed by atoms with Gasteiger partial charge < -0.3 is 19.7 Å². The van der Waals surface area contributed by atoms with Crippen molar-refractivity contribution in [2.24, 2.45) is 0 Å². The average molecular weight is 347 g/mol. The summed E-state index contributed by atoms with van der Waals surface area (Å²) in [7, 11) is 1.48. The van der Waals surface area contributed by atoms with Crippen molar-refractivity contribution < 1.29 is 24.4 Å². The molecule has 3 rings (SSSR count). The van der Waals surface area contributed by atoms with Crippen molar-refractivity contribution in [2.45, 2.75) is 25.0 Å². The zero-order chi connectivity index (χ0) is 18.1. The third kappa shape index (κ3) is 3.18. The first kappa shape index (κ1) is 16.9. The number of carboxylic acid groups (broad SMARTS) is 1. The van der Waals surface area contributed by atoms with Gasteiger partial charge in [0.1, 0.15) is 6.04 Å². The Morgan fingerprint density at radius 2 is 2.24 bits per heavy atom. The van der Waals surface area contributed by atoms with Crippen LogP contribution < -0.4 is 0 Å². The number of hydrogen-bond acceptors (Lipinski definition) is 5. The first-order valence-corrected chi connectivity index (χ1v) is 7.70. The number of benzene rings is 1. The van der Waals surface area contributed by atoms with Gasteiger partial charge >= 0.3 is 5.97 Å². The molecule has 1 aromatic carbocycles. The minimum atomic E-state index is -1.07. The number of nitro benzene ring substituents is 1. The molecule has 2 unspecified atom stereocenters. The number of fused-ring (bicyclic) bond motifs is 1. The molecular weight excluding hydrogens is 330 g/mol. The summed E-state index contributed by atoms with van der Waals surface area (Å²) in [4.78, 5) is 38.7. The summed E-state index contributed by atoms with van der Waals surface area (Å²) in [5, 5.41) is 20.8. The Morgan fingerprint density at radius 3 is 2.88 bits per heavy atom. The Balaban J connectivity index is 1.85. The molecule has 25 heavy (non-hydrogen) atoms. The number of non-ortho nitro benzene ring substituents is 1. The number of rotatable bonds is 5. The average Bonchev–Trinajstić information content (AvgIpc) is 3.18. The van der Waals surface area contributed by atoms with Crippen molar-refractivity contribution in [2.75, 3.05) is 13.7 Å². The van der Waals surface area contributed by atoms with E-state index in [0.717, 1.165) is 0 Å². The van der Waals surface area contributed by atoms with Gasteiger partial charge in [-0.1, -0.05) is 0 Å². The summed E-state index contributed by atoms with van der Waals surface area (Å²) >= 11 is 0. The lowest BCUT2D eigenvalue weighted by Gasteiger charge is -2.21. The molecule has 1 fully saturated rings. The molecule has 1 saturated heterocycles. The number of carbonyl (C=O) groups is 2. The molecule has 2 atom stereocenters. The van der Waals surface area contributed by atoms with E-state index in [4.69, 9.17) is 4.74 Å². The maximum Gasteiger partial charge on any atom is 0.326 e. The number of methoxy groups -OCH3 is 1. The molecule has 1 amide bonds. The lowest BCUT2D eigenvalue weighted by molar-refractivity contribution is -0.384. The monoisotopic (exact) mass is 347 g/mol. The van der Waals surface area contributed by atoms with Gasteiger partial charge in [-0.2, -0.15) is 0 Å². The van der Waals surface area contributed by atoms with Gasteiger partial charge in [0.15, 0.2) is 0 Å². The number of amides is 1. The van der Waals surface area contributed by atoms with Crippen molar-refractivity contribution in [1.29, 1.82) is 0 Å². The molecule has 2 N–H and O–H groups in total. The molecule has 1 aliphatic rings. The Kier molecular flexibility index (Phi) is 4.41. The van der Waals surface area contributed by atoms with Crippen LogP contribution >= 0.6 is 0 Å². The number of aliphatic carboxylic acids is 1. The predicted octanol–water partition coefficient (Wildman–Crippen LogP) is 1.32. The van der Waals surface area contributed by atoms with E-state index in [1.54, 1.807) is 12.3 Å².